The molecule has 0 aliphatic rings. The Morgan fingerprint density at radius 3 is 2.28 bits per heavy atom. The molecule has 4 nitrogen and oxygen atoms in total. The van der Waals surface area contributed by atoms with Crippen LogP contribution in [0, 0.1) is 0 Å². The molecule has 1 heterocycles. The van der Waals surface area contributed by atoms with Gasteiger partial charge < -0.3 is 0 Å². The number of hydrogen-bond donors (Lipinski definition) is 1. The van der Waals surface area contributed by atoms with E-state index in [0.717, 1.165) is 32.9 Å². The molecule has 0 radical (unpaired) electrons. The Kier molecular flexibility index (Phi) is 3.75. The van der Waals surface area contributed by atoms with Crippen molar-refractivity contribution in [3.8, 4) is 11.3 Å². The van der Waals surface area contributed by atoms with Crippen LogP contribution in [0.1, 0.15) is 5.56 Å². The summed E-state index contributed by atoms with van der Waals surface area (Å²) in [5.41, 5.74) is 3.18. The molecule has 0 unspecified atom stereocenters. The Morgan fingerprint density at radius 1 is 0.800 bits per heavy atom. The third-order valence-electron chi connectivity index (χ3n) is 4.16. The lowest BCUT2D eigenvalue weighted by molar-refractivity contribution is 0.482. The molecule has 0 saturated carbocycles. The zero-order chi connectivity index (χ0) is 17.4. The summed E-state index contributed by atoms with van der Waals surface area (Å²) in [7, 11) is -4.09. The summed E-state index contributed by atoms with van der Waals surface area (Å²) in [5.74, 6) is -0.413. The average Bonchev–Trinajstić information content (AvgIpc) is 2.60. The second-order valence-electron chi connectivity index (χ2n) is 5.95. The molecule has 4 rings (SSSR count). The van der Waals surface area contributed by atoms with Crippen LogP contribution in [0.4, 0.5) is 0 Å². The van der Waals surface area contributed by atoms with E-state index in [1.165, 1.54) is 0 Å². The molecule has 5 heteroatoms. The number of rotatable bonds is 3. The summed E-state index contributed by atoms with van der Waals surface area (Å²) in [4.78, 5) is 4.80. The molecule has 0 bridgehead atoms. The fourth-order valence-electron chi connectivity index (χ4n) is 3.12. The highest BCUT2D eigenvalue weighted by Crippen LogP contribution is 2.33. The standard InChI is InChI=1S/C20H15NO3S/c22-25(23,24)13-14-10-11-16-17-8-4-5-9-19(17)21-20(18(16)12-14)15-6-2-1-3-7-15/h1-12H,13H2,(H,22,23,24). The summed E-state index contributed by atoms with van der Waals surface area (Å²) in [6.45, 7) is 0. The molecule has 4 aromatic rings. The van der Waals surface area contributed by atoms with Crippen LogP contribution in [0.25, 0.3) is 32.9 Å². The number of benzene rings is 3. The summed E-state index contributed by atoms with van der Waals surface area (Å²) >= 11 is 0. The molecule has 0 amide bonds. The molecule has 0 aliphatic carbocycles. The van der Waals surface area contributed by atoms with Crippen LogP contribution in [-0.4, -0.2) is 18.0 Å². The van der Waals surface area contributed by atoms with Crippen LogP contribution >= 0.6 is 0 Å². The Hall–Kier alpha value is -2.76. The molecule has 0 fully saturated rings. The molecule has 0 atom stereocenters. The SMILES string of the molecule is O=S(=O)(O)Cc1ccc2c(c1)c(-c1ccccc1)nc1ccccc12. The molecular weight excluding hydrogens is 334 g/mol. The van der Waals surface area contributed by atoms with Gasteiger partial charge in [0, 0.05) is 16.3 Å². The van der Waals surface area contributed by atoms with Gasteiger partial charge in [0.05, 0.1) is 11.2 Å². The van der Waals surface area contributed by atoms with E-state index in [2.05, 4.69) is 0 Å². The lowest BCUT2D eigenvalue weighted by Crippen LogP contribution is -2.01. The lowest BCUT2D eigenvalue weighted by atomic mass is 9.98. The molecule has 0 saturated heterocycles. The van der Waals surface area contributed by atoms with Crippen molar-refractivity contribution in [2.45, 2.75) is 5.75 Å². The van der Waals surface area contributed by atoms with Gasteiger partial charge in [-0.3, -0.25) is 4.55 Å². The Balaban J connectivity index is 2.07. The zero-order valence-corrected chi connectivity index (χ0v) is 14.1. The van der Waals surface area contributed by atoms with Gasteiger partial charge in [-0.25, -0.2) is 4.98 Å². The fourth-order valence-corrected chi connectivity index (χ4v) is 3.72. The minimum atomic E-state index is -4.09. The van der Waals surface area contributed by atoms with Gasteiger partial charge >= 0.3 is 0 Å². The van der Waals surface area contributed by atoms with Gasteiger partial charge in [-0.05, 0) is 23.1 Å². The van der Waals surface area contributed by atoms with Gasteiger partial charge in [-0.15, -0.1) is 0 Å². The third kappa shape index (κ3) is 3.12. The van der Waals surface area contributed by atoms with Crippen molar-refractivity contribution in [1.82, 2.24) is 4.98 Å². The molecule has 3 aromatic carbocycles. The monoisotopic (exact) mass is 349 g/mol. The molecule has 1 aromatic heterocycles. The maximum absolute atomic E-state index is 11.2. The van der Waals surface area contributed by atoms with Crippen molar-refractivity contribution in [2.75, 3.05) is 0 Å². The highest BCUT2D eigenvalue weighted by Gasteiger charge is 2.13. The van der Waals surface area contributed by atoms with Gasteiger partial charge in [0.1, 0.15) is 5.75 Å². The Morgan fingerprint density at radius 2 is 1.52 bits per heavy atom. The quantitative estimate of drug-likeness (QED) is 0.438. The number of para-hydroxylation sites is 1. The summed E-state index contributed by atoms with van der Waals surface area (Å²) in [6.07, 6.45) is 0. The maximum Gasteiger partial charge on any atom is 0.269 e. The van der Waals surface area contributed by atoms with Crippen molar-refractivity contribution in [3.63, 3.8) is 0 Å². The largest absolute Gasteiger partial charge is 0.285 e. The van der Waals surface area contributed by atoms with Gasteiger partial charge in [0.15, 0.2) is 0 Å². The summed E-state index contributed by atoms with van der Waals surface area (Å²) in [5, 5.41) is 2.88. The Bertz CT molecular complexity index is 1190. The predicted octanol–water partition coefficient (Wildman–Crippen LogP) is 4.44. The molecule has 0 spiro atoms. The smallest absolute Gasteiger partial charge is 0.269 e. The van der Waals surface area contributed by atoms with Gasteiger partial charge in [0.25, 0.3) is 10.1 Å². The van der Waals surface area contributed by atoms with E-state index in [-0.39, 0.29) is 0 Å². The van der Waals surface area contributed by atoms with Crippen LogP contribution in [0.3, 0.4) is 0 Å². The first kappa shape index (κ1) is 15.7. The van der Waals surface area contributed by atoms with Crippen LogP contribution < -0.4 is 0 Å². The van der Waals surface area contributed by atoms with Crippen molar-refractivity contribution in [2.24, 2.45) is 0 Å². The first-order valence-electron chi connectivity index (χ1n) is 7.83. The number of pyridine rings is 1. The fraction of sp³-hybridized carbons (Fsp3) is 0.0500. The van der Waals surface area contributed by atoms with E-state index in [4.69, 9.17) is 9.54 Å². The molecule has 1 N–H and O–H groups in total. The molecule has 124 valence electrons. The number of hydrogen-bond acceptors (Lipinski definition) is 3. The van der Waals surface area contributed by atoms with Crippen molar-refractivity contribution in [1.29, 1.82) is 0 Å². The van der Waals surface area contributed by atoms with E-state index >= 15 is 0 Å². The van der Waals surface area contributed by atoms with Crippen molar-refractivity contribution < 1.29 is 13.0 Å². The number of fused-ring (bicyclic) bond motifs is 3. The number of aromatic nitrogens is 1. The van der Waals surface area contributed by atoms with Gasteiger partial charge in [-0.2, -0.15) is 8.42 Å². The van der Waals surface area contributed by atoms with Gasteiger partial charge in [0.2, 0.25) is 0 Å². The predicted molar refractivity (Wildman–Crippen MR) is 99.9 cm³/mol. The summed E-state index contributed by atoms with van der Waals surface area (Å²) in [6, 6.07) is 23.1. The minimum absolute atomic E-state index is 0.413. The van der Waals surface area contributed by atoms with E-state index < -0.39 is 15.9 Å². The highest BCUT2D eigenvalue weighted by atomic mass is 32.2. The normalized spacial score (nSPS) is 11.9. The van der Waals surface area contributed by atoms with Crippen molar-refractivity contribution in [3.05, 3.63) is 78.4 Å². The van der Waals surface area contributed by atoms with E-state index in [1.807, 2.05) is 60.7 Å². The molecule has 0 aliphatic heterocycles. The van der Waals surface area contributed by atoms with Crippen LogP contribution in [0.15, 0.2) is 72.8 Å². The second kappa shape index (κ2) is 5.95. The van der Waals surface area contributed by atoms with Gasteiger partial charge in [-0.1, -0.05) is 60.7 Å². The van der Waals surface area contributed by atoms with Crippen LogP contribution in [0.5, 0.6) is 0 Å². The van der Waals surface area contributed by atoms with E-state index in [1.54, 1.807) is 12.1 Å². The molecular formula is C20H15NO3S. The maximum atomic E-state index is 11.2. The topological polar surface area (TPSA) is 67.3 Å². The van der Waals surface area contributed by atoms with E-state index in [0.29, 0.717) is 5.56 Å². The number of nitrogens with zero attached hydrogens (tertiary/aromatic N) is 1. The van der Waals surface area contributed by atoms with E-state index in [9.17, 15) is 8.42 Å². The van der Waals surface area contributed by atoms with Crippen LogP contribution in [0.2, 0.25) is 0 Å². The highest BCUT2D eigenvalue weighted by molar-refractivity contribution is 7.85. The second-order valence-corrected chi connectivity index (χ2v) is 7.40. The molecule has 25 heavy (non-hydrogen) atoms. The summed E-state index contributed by atoms with van der Waals surface area (Å²) < 4.78 is 31.6. The lowest BCUT2D eigenvalue weighted by Gasteiger charge is -2.11. The Labute approximate surface area is 145 Å². The first-order chi connectivity index (χ1) is 12.0. The average molecular weight is 349 g/mol. The minimum Gasteiger partial charge on any atom is -0.285 e. The first-order valence-corrected chi connectivity index (χ1v) is 9.44. The van der Waals surface area contributed by atoms with Crippen LogP contribution in [-0.2, 0) is 15.9 Å². The third-order valence-corrected chi connectivity index (χ3v) is 4.86. The zero-order valence-electron chi connectivity index (χ0n) is 13.3. The van der Waals surface area contributed by atoms with Crippen molar-refractivity contribution >= 4 is 31.8 Å².